The highest BCUT2D eigenvalue weighted by atomic mass is 19.4. The zero-order valence-electron chi connectivity index (χ0n) is 10.4. The zero-order valence-corrected chi connectivity index (χ0v) is 10.4. The Labute approximate surface area is 109 Å². The zero-order chi connectivity index (χ0) is 14.5. The number of ether oxygens (including phenoxy) is 1. The lowest BCUT2D eigenvalue weighted by Crippen LogP contribution is -2.48. The number of alkyl halides is 3. The maximum absolute atomic E-state index is 12.8. The Morgan fingerprint density at radius 3 is 2.32 bits per heavy atom. The largest absolute Gasteiger partial charge is 0.479 e. The van der Waals surface area contributed by atoms with Crippen LogP contribution in [0.4, 0.5) is 13.2 Å². The van der Waals surface area contributed by atoms with Crippen molar-refractivity contribution in [2.75, 3.05) is 0 Å². The molecule has 0 saturated carbocycles. The van der Waals surface area contributed by atoms with E-state index in [-0.39, 0.29) is 18.6 Å². The first-order valence-electron chi connectivity index (χ1n) is 5.83. The predicted molar refractivity (Wildman–Crippen MR) is 64.5 cm³/mol. The van der Waals surface area contributed by atoms with E-state index in [0.717, 1.165) is 5.56 Å². The van der Waals surface area contributed by atoms with Crippen LogP contribution in [0, 0.1) is 11.3 Å². The van der Waals surface area contributed by atoms with Gasteiger partial charge in [-0.2, -0.15) is 18.4 Å². The molecule has 0 aliphatic heterocycles. The quantitative estimate of drug-likeness (QED) is 0.896. The summed E-state index contributed by atoms with van der Waals surface area (Å²) in [5.74, 6) is 0.0907. The van der Waals surface area contributed by atoms with Crippen molar-refractivity contribution in [2.24, 2.45) is 5.73 Å². The Bertz CT molecular complexity index is 437. The van der Waals surface area contributed by atoms with Crippen molar-refractivity contribution in [1.29, 1.82) is 5.26 Å². The summed E-state index contributed by atoms with van der Waals surface area (Å²) in [6.07, 6.45) is -6.17. The molecule has 1 rings (SSSR count). The second-order valence-electron chi connectivity index (χ2n) is 4.13. The second-order valence-corrected chi connectivity index (χ2v) is 4.13. The van der Waals surface area contributed by atoms with Crippen molar-refractivity contribution in [3.8, 4) is 11.8 Å². The van der Waals surface area contributed by atoms with Crippen molar-refractivity contribution in [3.05, 3.63) is 29.8 Å². The van der Waals surface area contributed by atoms with Crippen molar-refractivity contribution < 1.29 is 17.9 Å². The first-order chi connectivity index (χ1) is 8.88. The highest BCUT2D eigenvalue weighted by Gasteiger charge is 2.45. The number of hydrogen-bond donors (Lipinski definition) is 1. The lowest BCUT2D eigenvalue weighted by Gasteiger charge is -2.26. The summed E-state index contributed by atoms with van der Waals surface area (Å²) in [5.41, 5.74) is 6.16. The molecule has 0 aliphatic carbocycles. The molecule has 2 N–H and O–H groups in total. The standard InChI is InChI=1S/C13H15F3N2O/c1-2-11(18)12(13(14,15)16)19-10-5-3-9(4-6-10)7-8-17/h3-6,11-12H,2,7,18H2,1H3. The van der Waals surface area contributed by atoms with Crippen LogP contribution in [0.3, 0.4) is 0 Å². The number of nitrogens with zero attached hydrogens (tertiary/aromatic N) is 1. The third kappa shape index (κ3) is 4.45. The molecule has 104 valence electrons. The number of benzene rings is 1. The van der Waals surface area contributed by atoms with E-state index in [4.69, 9.17) is 15.7 Å². The SMILES string of the molecule is CCC(N)C(Oc1ccc(CC#N)cc1)C(F)(F)F. The average Bonchev–Trinajstić information content (AvgIpc) is 2.36. The van der Waals surface area contributed by atoms with Crippen molar-refractivity contribution >= 4 is 0 Å². The summed E-state index contributed by atoms with van der Waals surface area (Å²) in [6, 6.07) is 6.78. The molecule has 0 heterocycles. The number of rotatable bonds is 5. The van der Waals surface area contributed by atoms with Gasteiger partial charge in [0, 0.05) is 0 Å². The average molecular weight is 272 g/mol. The van der Waals surface area contributed by atoms with Gasteiger partial charge in [0.1, 0.15) is 5.75 Å². The summed E-state index contributed by atoms with van der Waals surface area (Å²) >= 11 is 0. The Morgan fingerprint density at radius 2 is 1.89 bits per heavy atom. The maximum Gasteiger partial charge on any atom is 0.426 e. The minimum Gasteiger partial charge on any atom is -0.479 e. The molecule has 2 unspecified atom stereocenters. The molecule has 0 radical (unpaired) electrons. The van der Waals surface area contributed by atoms with Gasteiger partial charge in [-0.25, -0.2) is 0 Å². The van der Waals surface area contributed by atoms with Crippen molar-refractivity contribution in [2.45, 2.75) is 38.1 Å². The number of halogens is 3. The number of hydrogen-bond acceptors (Lipinski definition) is 3. The topological polar surface area (TPSA) is 59.0 Å². The molecule has 6 heteroatoms. The van der Waals surface area contributed by atoms with Crippen LogP contribution in [0.1, 0.15) is 18.9 Å². The number of nitrogens with two attached hydrogens (primary N) is 1. The van der Waals surface area contributed by atoms with Gasteiger partial charge in [-0.15, -0.1) is 0 Å². The molecular formula is C13H15F3N2O. The lowest BCUT2D eigenvalue weighted by molar-refractivity contribution is -0.200. The summed E-state index contributed by atoms with van der Waals surface area (Å²) in [5, 5.41) is 8.50. The van der Waals surface area contributed by atoms with Crippen LogP contribution >= 0.6 is 0 Å². The molecule has 0 amide bonds. The van der Waals surface area contributed by atoms with E-state index in [1.54, 1.807) is 19.1 Å². The molecule has 0 spiro atoms. The molecule has 1 aromatic carbocycles. The molecule has 3 nitrogen and oxygen atoms in total. The van der Waals surface area contributed by atoms with E-state index >= 15 is 0 Å². The summed E-state index contributed by atoms with van der Waals surface area (Å²) in [6.45, 7) is 1.57. The van der Waals surface area contributed by atoms with Crippen LogP contribution in [0.5, 0.6) is 5.75 Å². The smallest absolute Gasteiger partial charge is 0.426 e. The predicted octanol–water partition coefficient (Wildman–Crippen LogP) is 2.80. The molecule has 1 aromatic rings. The Kier molecular flexibility index (Phi) is 5.19. The van der Waals surface area contributed by atoms with Crippen LogP contribution in [-0.4, -0.2) is 18.3 Å². The van der Waals surface area contributed by atoms with E-state index in [0.29, 0.717) is 0 Å². The summed E-state index contributed by atoms with van der Waals surface area (Å²) in [4.78, 5) is 0. The minimum atomic E-state index is -4.51. The fourth-order valence-corrected chi connectivity index (χ4v) is 1.53. The van der Waals surface area contributed by atoms with Crippen LogP contribution in [0.2, 0.25) is 0 Å². The Hall–Kier alpha value is -1.74. The monoisotopic (exact) mass is 272 g/mol. The maximum atomic E-state index is 12.8. The van der Waals surface area contributed by atoms with Gasteiger partial charge < -0.3 is 10.5 Å². The van der Waals surface area contributed by atoms with E-state index in [9.17, 15) is 13.2 Å². The van der Waals surface area contributed by atoms with Gasteiger partial charge in [-0.05, 0) is 24.1 Å². The fourth-order valence-electron chi connectivity index (χ4n) is 1.53. The van der Waals surface area contributed by atoms with E-state index < -0.39 is 18.3 Å². The van der Waals surface area contributed by atoms with Gasteiger partial charge in [0.05, 0.1) is 18.5 Å². The molecule has 0 fully saturated rings. The van der Waals surface area contributed by atoms with Crippen LogP contribution < -0.4 is 10.5 Å². The van der Waals surface area contributed by atoms with Gasteiger partial charge in [0.2, 0.25) is 6.10 Å². The van der Waals surface area contributed by atoms with Gasteiger partial charge in [-0.3, -0.25) is 0 Å². The van der Waals surface area contributed by atoms with Crippen molar-refractivity contribution in [1.82, 2.24) is 0 Å². The lowest BCUT2D eigenvalue weighted by atomic mass is 10.1. The van der Waals surface area contributed by atoms with Crippen LogP contribution in [0.25, 0.3) is 0 Å². The van der Waals surface area contributed by atoms with Gasteiger partial charge >= 0.3 is 6.18 Å². The van der Waals surface area contributed by atoms with E-state index in [2.05, 4.69) is 0 Å². The molecule has 0 aromatic heterocycles. The van der Waals surface area contributed by atoms with E-state index in [1.807, 2.05) is 6.07 Å². The highest BCUT2D eigenvalue weighted by molar-refractivity contribution is 5.29. The molecule has 2 atom stereocenters. The summed E-state index contributed by atoms with van der Waals surface area (Å²) < 4.78 is 43.3. The molecular weight excluding hydrogens is 257 g/mol. The van der Waals surface area contributed by atoms with Gasteiger partial charge in [0.25, 0.3) is 0 Å². The Balaban J connectivity index is 2.82. The van der Waals surface area contributed by atoms with Crippen LogP contribution in [0.15, 0.2) is 24.3 Å². The molecule has 0 saturated heterocycles. The molecule has 0 bridgehead atoms. The van der Waals surface area contributed by atoms with Crippen molar-refractivity contribution in [3.63, 3.8) is 0 Å². The van der Waals surface area contributed by atoms with Gasteiger partial charge in [-0.1, -0.05) is 19.1 Å². The third-order valence-electron chi connectivity index (χ3n) is 2.65. The third-order valence-corrected chi connectivity index (χ3v) is 2.65. The normalized spacial score (nSPS) is 14.5. The van der Waals surface area contributed by atoms with Gasteiger partial charge in [0.15, 0.2) is 0 Å². The van der Waals surface area contributed by atoms with Crippen LogP contribution in [-0.2, 0) is 6.42 Å². The first kappa shape index (κ1) is 15.3. The first-order valence-corrected chi connectivity index (χ1v) is 5.83. The highest BCUT2D eigenvalue weighted by Crippen LogP contribution is 2.28. The molecule has 0 aliphatic rings. The number of nitriles is 1. The molecule has 19 heavy (non-hydrogen) atoms. The van der Waals surface area contributed by atoms with E-state index in [1.165, 1.54) is 12.1 Å². The Morgan fingerprint density at radius 1 is 1.32 bits per heavy atom. The fraction of sp³-hybridized carbons (Fsp3) is 0.462. The minimum absolute atomic E-state index is 0.0907. The second kappa shape index (κ2) is 6.43. The summed E-state index contributed by atoms with van der Waals surface area (Å²) in [7, 11) is 0.